The van der Waals surface area contributed by atoms with Gasteiger partial charge >= 0.3 is 0 Å². The lowest BCUT2D eigenvalue weighted by Crippen LogP contribution is -2.38. The van der Waals surface area contributed by atoms with Crippen molar-refractivity contribution in [1.82, 2.24) is 25.4 Å². The van der Waals surface area contributed by atoms with Gasteiger partial charge in [-0.25, -0.2) is 14.1 Å². The first-order valence-corrected chi connectivity index (χ1v) is 10.6. The van der Waals surface area contributed by atoms with Crippen LogP contribution in [-0.2, 0) is 12.8 Å². The first-order valence-electron chi connectivity index (χ1n) is 9.80. The molecule has 3 rings (SSSR count). The Hall–Kier alpha value is -2.74. The van der Waals surface area contributed by atoms with E-state index < -0.39 is 0 Å². The highest BCUT2D eigenvalue weighted by Crippen LogP contribution is 2.16. The second-order valence-corrected chi connectivity index (χ2v) is 7.95. The third kappa shape index (κ3) is 6.12. The summed E-state index contributed by atoms with van der Waals surface area (Å²) in [6, 6.07) is 8.27. The maximum atomic E-state index is 13.1. The summed E-state index contributed by atoms with van der Waals surface area (Å²) in [5.74, 6) is 0.552. The Morgan fingerprint density at radius 3 is 2.62 bits per heavy atom. The third-order valence-electron chi connectivity index (χ3n) is 4.42. The van der Waals surface area contributed by atoms with E-state index in [1.165, 1.54) is 17.0 Å². The standard InChI is InChI=1S/C21H27FN6S/c1-4-23-21(25-13-10-20-26-15(2)16(3)29-20)24-12-9-18-11-14-28(27-18)19-7-5-17(22)6-8-19/h5-8,11,14H,4,9-10,12-13H2,1-3H3,(H2,23,24,25). The highest BCUT2D eigenvalue weighted by Gasteiger charge is 2.05. The number of thiazole rings is 1. The molecule has 0 fully saturated rings. The Morgan fingerprint density at radius 2 is 1.93 bits per heavy atom. The van der Waals surface area contributed by atoms with Gasteiger partial charge in [0.1, 0.15) is 5.82 Å². The average molecular weight is 415 g/mol. The van der Waals surface area contributed by atoms with Crippen molar-refractivity contribution in [2.24, 2.45) is 4.99 Å². The summed E-state index contributed by atoms with van der Waals surface area (Å²) < 4.78 is 14.8. The number of rotatable bonds is 8. The fourth-order valence-electron chi connectivity index (χ4n) is 2.79. The number of nitrogens with one attached hydrogen (secondary N) is 2. The van der Waals surface area contributed by atoms with E-state index in [0.717, 1.165) is 54.0 Å². The van der Waals surface area contributed by atoms with Gasteiger partial charge in [0.15, 0.2) is 5.96 Å². The van der Waals surface area contributed by atoms with Crippen LogP contribution in [0, 0.1) is 19.7 Å². The minimum absolute atomic E-state index is 0.249. The second kappa shape index (κ2) is 10.2. The summed E-state index contributed by atoms with van der Waals surface area (Å²) in [7, 11) is 0. The Labute approximate surface area is 174 Å². The molecule has 0 aliphatic carbocycles. The van der Waals surface area contributed by atoms with E-state index in [1.807, 2.05) is 19.2 Å². The minimum atomic E-state index is -0.249. The normalized spacial score (nSPS) is 11.7. The van der Waals surface area contributed by atoms with Gasteiger partial charge in [-0.2, -0.15) is 5.10 Å². The number of aromatic nitrogens is 3. The first-order chi connectivity index (χ1) is 14.0. The fraction of sp³-hybridized carbons (Fsp3) is 0.381. The van der Waals surface area contributed by atoms with Crippen LogP contribution in [0.4, 0.5) is 4.39 Å². The summed E-state index contributed by atoms with van der Waals surface area (Å²) in [5.41, 5.74) is 2.92. The molecular weight excluding hydrogens is 387 g/mol. The predicted molar refractivity (Wildman–Crippen MR) is 116 cm³/mol. The van der Waals surface area contributed by atoms with E-state index in [2.05, 4.69) is 39.6 Å². The van der Waals surface area contributed by atoms with Crippen molar-refractivity contribution in [1.29, 1.82) is 0 Å². The van der Waals surface area contributed by atoms with Gasteiger partial charge in [0.2, 0.25) is 0 Å². The molecule has 0 radical (unpaired) electrons. The molecule has 0 aliphatic heterocycles. The van der Waals surface area contributed by atoms with Crippen LogP contribution in [0.5, 0.6) is 0 Å². The van der Waals surface area contributed by atoms with Crippen molar-refractivity contribution in [3.05, 3.63) is 63.6 Å². The SMILES string of the molecule is CCNC(=NCCc1nc(C)c(C)s1)NCCc1ccn(-c2ccc(F)cc2)n1. The molecule has 0 spiro atoms. The lowest BCUT2D eigenvalue weighted by Gasteiger charge is -2.10. The third-order valence-corrected chi connectivity index (χ3v) is 5.55. The first kappa shape index (κ1) is 21.0. The number of halogens is 1. The summed E-state index contributed by atoms with van der Waals surface area (Å²) in [5, 5.41) is 12.3. The molecule has 0 atom stereocenters. The van der Waals surface area contributed by atoms with Crippen molar-refractivity contribution in [2.45, 2.75) is 33.6 Å². The molecule has 0 aliphatic rings. The van der Waals surface area contributed by atoms with Crippen LogP contribution in [0.25, 0.3) is 5.69 Å². The zero-order valence-corrected chi connectivity index (χ0v) is 17.9. The van der Waals surface area contributed by atoms with Crippen molar-refractivity contribution >= 4 is 17.3 Å². The summed E-state index contributed by atoms with van der Waals surface area (Å²) >= 11 is 1.74. The number of nitrogens with zero attached hydrogens (tertiary/aromatic N) is 4. The van der Waals surface area contributed by atoms with Gasteiger partial charge < -0.3 is 10.6 Å². The van der Waals surface area contributed by atoms with Crippen LogP contribution < -0.4 is 10.6 Å². The second-order valence-electron chi connectivity index (χ2n) is 6.66. The molecule has 0 unspecified atom stereocenters. The van der Waals surface area contributed by atoms with Crippen molar-refractivity contribution in [3.8, 4) is 5.69 Å². The zero-order chi connectivity index (χ0) is 20.6. The molecule has 8 heteroatoms. The lowest BCUT2D eigenvalue weighted by molar-refractivity contribution is 0.627. The number of aliphatic imine (C=N–C) groups is 1. The van der Waals surface area contributed by atoms with Crippen LogP contribution in [0.15, 0.2) is 41.5 Å². The molecule has 0 bridgehead atoms. The smallest absolute Gasteiger partial charge is 0.191 e. The lowest BCUT2D eigenvalue weighted by atomic mass is 10.3. The maximum Gasteiger partial charge on any atom is 0.191 e. The van der Waals surface area contributed by atoms with Gasteiger partial charge in [-0.15, -0.1) is 11.3 Å². The quantitative estimate of drug-likeness (QED) is 0.438. The molecule has 2 N–H and O–H groups in total. The fourth-order valence-corrected chi connectivity index (χ4v) is 3.72. The number of aryl methyl sites for hydroxylation is 2. The average Bonchev–Trinajstić information content (AvgIpc) is 3.29. The highest BCUT2D eigenvalue weighted by molar-refractivity contribution is 7.11. The van der Waals surface area contributed by atoms with Crippen LogP contribution in [0.2, 0.25) is 0 Å². The molecule has 1 aromatic carbocycles. The Kier molecular flexibility index (Phi) is 7.35. The van der Waals surface area contributed by atoms with Gasteiger partial charge in [-0.1, -0.05) is 0 Å². The summed E-state index contributed by atoms with van der Waals surface area (Å²) in [4.78, 5) is 10.5. The van der Waals surface area contributed by atoms with E-state index in [9.17, 15) is 4.39 Å². The van der Waals surface area contributed by atoms with E-state index in [0.29, 0.717) is 6.54 Å². The van der Waals surface area contributed by atoms with Crippen LogP contribution in [0.3, 0.4) is 0 Å². The van der Waals surface area contributed by atoms with Crippen molar-refractivity contribution < 1.29 is 4.39 Å². The van der Waals surface area contributed by atoms with E-state index in [-0.39, 0.29) is 5.82 Å². The van der Waals surface area contributed by atoms with E-state index in [1.54, 1.807) is 28.2 Å². The molecule has 2 heterocycles. The van der Waals surface area contributed by atoms with Gasteiger partial charge in [0.25, 0.3) is 0 Å². The summed E-state index contributed by atoms with van der Waals surface area (Å²) in [6.45, 7) is 8.42. The molecule has 0 amide bonds. The zero-order valence-electron chi connectivity index (χ0n) is 17.1. The maximum absolute atomic E-state index is 13.1. The van der Waals surface area contributed by atoms with Gasteiger partial charge in [-0.3, -0.25) is 4.99 Å². The highest BCUT2D eigenvalue weighted by atomic mass is 32.1. The number of hydrogen-bond acceptors (Lipinski definition) is 4. The van der Waals surface area contributed by atoms with Crippen LogP contribution >= 0.6 is 11.3 Å². The molecule has 3 aromatic rings. The molecular formula is C21H27FN6S. The molecule has 0 saturated heterocycles. The van der Waals surface area contributed by atoms with Crippen molar-refractivity contribution in [2.75, 3.05) is 19.6 Å². The Balaban J connectivity index is 1.49. The topological polar surface area (TPSA) is 67.1 Å². The Morgan fingerprint density at radius 1 is 1.14 bits per heavy atom. The van der Waals surface area contributed by atoms with Crippen LogP contribution in [-0.4, -0.2) is 40.4 Å². The number of hydrogen-bond donors (Lipinski definition) is 2. The number of benzene rings is 1. The van der Waals surface area contributed by atoms with Gasteiger partial charge in [-0.05, 0) is 51.1 Å². The molecule has 154 valence electrons. The van der Waals surface area contributed by atoms with Gasteiger partial charge in [0, 0.05) is 43.5 Å². The molecule has 0 saturated carbocycles. The molecule has 29 heavy (non-hydrogen) atoms. The Bertz CT molecular complexity index is 925. The van der Waals surface area contributed by atoms with Crippen molar-refractivity contribution in [3.63, 3.8) is 0 Å². The monoisotopic (exact) mass is 414 g/mol. The molecule has 2 aromatic heterocycles. The van der Waals surface area contributed by atoms with E-state index >= 15 is 0 Å². The summed E-state index contributed by atoms with van der Waals surface area (Å²) in [6.07, 6.45) is 3.50. The number of guanidine groups is 1. The van der Waals surface area contributed by atoms with Crippen LogP contribution in [0.1, 0.15) is 28.2 Å². The van der Waals surface area contributed by atoms with E-state index in [4.69, 9.17) is 0 Å². The molecule has 6 nitrogen and oxygen atoms in total. The minimum Gasteiger partial charge on any atom is -0.357 e. The predicted octanol–water partition coefficient (Wildman–Crippen LogP) is 3.43. The van der Waals surface area contributed by atoms with Gasteiger partial charge in [0.05, 0.1) is 22.1 Å². The largest absolute Gasteiger partial charge is 0.357 e.